The van der Waals surface area contributed by atoms with Gasteiger partial charge in [0.05, 0.1) is 11.8 Å². The van der Waals surface area contributed by atoms with Crippen molar-refractivity contribution in [2.24, 2.45) is 5.10 Å². The zero-order valence-electron chi connectivity index (χ0n) is 16.1. The second-order valence-electron chi connectivity index (χ2n) is 7.56. The summed E-state index contributed by atoms with van der Waals surface area (Å²) in [5.41, 5.74) is 4.33. The van der Waals surface area contributed by atoms with Gasteiger partial charge in [0.15, 0.2) is 11.5 Å². The molecular formula is C24H19BrN2O3. The van der Waals surface area contributed by atoms with Crippen LogP contribution in [0.2, 0.25) is 0 Å². The van der Waals surface area contributed by atoms with Gasteiger partial charge >= 0.3 is 0 Å². The van der Waals surface area contributed by atoms with Crippen molar-refractivity contribution < 1.29 is 14.2 Å². The molecule has 0 fully saturated rings. The van der Waals surface area contributed by atoms with Gasteiger partial charge in [-0.05, 0) is 36.4 Å². The van der Waals surface area contributed by atoms with Crippen molar-refractivity contribution in [3.05, 3.63) is 87.9 Å². The second-order valence-corrected chi connectivity index (χ2v) is 8.48. The SMILES string of the molecule is Brc1ccc([C@H]2Oc3ccccc3[C@H]3CC(c4ccc5c(c4)OCCO5)=NN32)cc1. The van der Waals surface area contributed by atoms with Crippen LogP contribution < -0.4 is 14.2 Å². The van der Waals surface area contributed by atoms with Crippen molar-refractivity contribution in [2.75, 3.05) is 13.2 Å². The molecule has 3 aromatic carbocycles. The predicted molar refractivity (Wildman–Crippen MR) is 117 cm³/mol. The lowest BCUT2D eigenvalue weighted by Crippen LogP contribution is -2.33. The second kappa shape index (κ2) is 7.06. The Balaban J connectivity index is 1.41. The molecule has 0 amide bonds. The number of nitrogens with zero attached hydrogens (tertiary/aromatic N) is 2. The summed E-state index contributed by atoms with van der Waals surface area (Å²) >= 11 is 3.52. The Labute approximate surface area is 183 Å². The number of benzene rings is 3. The fourth-order valence-electron chi connectivity index (χ4n) is 4.28. The van der Waals surface area contributed by atoms with E-state index in [-0.39, 0.29) is 12.3 Å². The van der Waals surface area contributed by atoms with Crippen LogP contribution in [0.15, 0.2) is 76.3 Å². The number of rotatable bonds is 2. The summed E-state index contributed by atoms with van der Waals surface area (Å²) in [4.78, 5) is 0. The lowest BCUT2D eigenvalue weighted by atomic mass is 9.96. The number of hydrogen-bond donors (Lipinski definition) is 0. The Bertz CT molecular complexity index is 1150. The Morgan fingerprint density at radius 1 is 0.867 bits per heavy atom. The molecule has 0 bridgehead atoms. The Morgan fingerprint density at radius 2 is 1.67 bits per heavy atom. The average molecular weight is 463 g/mol. The van der Waals surface area contributed by atoms with Crippen LogP contribution in [0.5, 0.6) is 17.2 Å². The quantitative estimate of drug-likeness (QED) is 0.506. The molecule has 0 saturated carbocycles. The van der Waals surface area contributed by atoms with E-state index in [4.69, 9.17) is 19.3 Å². The summed E-state index contributed by atoms with van der Waals surface area (Å²) in [5.74, 6) is 2.50. The van der Waals surface area contributed by atoms with Crippen LogP contribution in [0.1, 0.15) is 35.4 Å². The Morgan fingerprint density at radius 3 is 2.53 bits per heavy atom. The first-order chi connectivity index (χ1) is 14.8. The fourth-order valence-corrected chi connectivity index (χ4v) is 4.54. The number of halogens is 1. The van der Waals surface area contributed by atoms with E-state index in [1.54, 1.807) is 0 Å². The maximum Gasteiger partial charge on any atom is 0.213 e. The number of hydrazone groups is 1. The maximum atomic E-state index is 6.41. The first-order valence-electron chi connectivity index (χ1n) is 10.0. The van der Waals surface area contributed by atoms with Gasteiger partial charge in [0.25, 0.3) is 0 Å². The minimum absolute atomic E-state index is 0.131. The van der Waals surface area contributed by atoms with Crippen LogP contribution in [-0.4, -0.2) is 23.9 Å². The maximum absolute atomic E-state index is 6.41. The standard InChI is InChI=1S/C24H19BrN2O3/c25-17-8-5-15(6-9-17)24-27-20(18-3-1-2-4-21(18)30-24)14-19(26-27)16-7-10-22-23(13-16)29-12-11-28-22/h1-10,13,20,24H,11-12,14H2/t20-,24-/m1/s1. The van der Waals surface area contributed by atoms with Crippen LogP contribution in [0.3, 0.4) is 0 Å². The number of fused-ring (bicyclic) bond motifs is 4. The van der Waals surface area contributed by atoms with E-state index in [1.165, 1.54) is 5.56 Å². The van der Waals surface area contributed by atoms with Gasteiger partial charge in [0.2, 0.25) is 6.23 Å². The number of ether oxygens (including phenoxy) is 3. The molecular weight excluding hydrogens is 444 g/mol. The lowest BCUT2D eigenvalue weighted by Gasteiger charge is -2.38. The molecule has 0 saturated heterocycles. The lowest BCUT2D eigenvalue weighted by molar-refractivity contribution is -0.0190. The minimum Gasteiger partial charge on any atom is -0.486 e. The molecule has 150 valence electrons. The van der Waals surface area contributed by atoms with Gasteiger partial charge in [-0.2, -0.15) is 5.10 Å². The van der Waals surface area contributed by atoms with Gasteiger partial charge in [-0.1, -0.05) is 46.3 Å². The van der Waals surface area contributed by atoms with Gasteiger partial charge in [-0.15, -0.1) is 0 Å². The van der Waals surface area contributed by atoms with E-state index in [1.807, 2.05) is 36.4 Å². The molecule has 0 aromatic heterocycles. The molecule has 6 rings (SSSR count). The van der Waals surface area contributed by atoms with Gasteiger partial charge in [-0.25, -0.2) is 5.01 Å². The van der Waals surface area contributed by atoms with Crippen molar-refractivity contribution in [3.8, 4) is 17.2 Å². The molecule has 3 aliphatic heterocycles. The molecule has 2 atom stereocenters. The highest BCUT2D eigenvalue weighted by Gasteiger charge is 2.40. The Hall–Kier alpha value is -2.99. The molecule has 3 aromatic rings. The summed E-state index contributed by atoms with van der Waals surface area (Å²) in [7, 11) is 0. The molecule has 3 heterocycles. The molecule has 3 aliphatic rings. The van der Waals surface area contributed by atoms with Crippen LogP contribution in [0.25, 0.3) is 0 Å². The largest absolute Gasteiger partial charge is 0.486 e. The summed E-state index contributed by atoms with van der Waals surface area (Å²) in [5, 5.41) is 7.12. The highest BCUT2D eigenvalue weighted by atomic mass is 79.9. The summed E-state index contributed by atoms with van der Waals surface area (Å²) in [6, 6.07) is 22.7. The average Bonchev–Trinajstić information content (AvgIpc) is 3.25. The predicted octanol–water partition coefficient (Wildman–Crippen LogP) is 5.46. The fraction of sp³-hybridized carbons (Fsp3) is 0.208. The van der Waals surface area contributed by atoms with Crippen molar-refractivity contribution >= 4 is 21.6 Å². The first kappa shape index (κ1) is 17.8. The van der Waals surface area contributed by atoms with Crippen LogP contribution in [0.4, 0.5) is 0 Å². The highest BCUT2D eigenvalue weighted by Crippen LogP contribution is 2.47. The van der Waals surface area contributed by atoms with Crippen LogP contribution >= 0.6 is 15.9 Å². The topological polar surface area (TPSA) is 43.3 Å². The van der Waals surface area contributed by atoms with E-state index in [9.17, 15) is 0 Å². The van der Waals surface area contributed by atoms with Gasteiger partial charge < -0.3 is 14.2 Å². The Kier molecular flexibility index (Phi) is 4.20. The summed E-state index contributed by atoms with van der Waals surface area (Å²) in [6.45, 7) is 1.16. The molecule has 0 aliphatic carbocycles. The van der Waals surface area contributed by atoms with Crippen molar-refractivity contribution in [1.29, 1.82) is 0 Å². The van der Waals surface area contributed by atoms with E-state index < -0.39 is 0 Å². The number of para-hydroxylation sites is 1. The van der Waals surface area contributed by atoms with E-state index in [0.29, 0.717) is 13.2 Å². The van der Waals surface area contributed by atoms with E-state index >= 15 is 0 Å². The third-order valence-electron chi connectivity index (χ3n) is 5.73. The third kappa shape index (κ3) is 2.94. The van der Waals surface area contributed by atoms with E-state index in [2.05, 4.69) is 51.3 Å². The summed E-state index contributed by atoms with van der Waals surface area (Å²) in [6.07, 6.45) is 0.542. The zero-order valence-corrected chi connectivity index (χ0v) is 17.7. The van der Waals surface area contributed by atoms with Crippen molar-refractivity contribution in [1.82, 2.24) is 5.01 Å². The molecule has 0 unspecified atom stereocenters. The molecule has 0 N–H and O–H groups in total. The normalized spacial score (nSPS) is 21.4. The highest BCUT2D eigenvalue weighted by molar-refractivity contribution is 9.10. The summed E-state index contributed by atoms with van der Waals surface area (Å²) < 4.78 is 18.9. The monoisotopic (exact) mass is 462 g/mol. The van der Waals surface area contributed by atoms with Crippen molar-refractivity contribution in [2.45, 2.75) is 18.7 Å². The van der Waals surface area contributed by atoms with Crippen LogP contribution in [-0.2, 0) is 0 Å². The van der Waals surface area contributed by atoms with Gasteiger partial charge in [0, 0.05) is 27.6 Å². The smallest absolute Gasteiger partial charge is 0.213 e. The zero-order chi connectivity index (χ0) is 20.1. The van der Waals surface area contributed by atoms with Crippen LogP contribution in [0, 0.1) is 0 Å². The first-order valence-corrected chi connectivity index (χ1v) is 10.8. The minimum atomic E-state index is -0.271. The molecule has 5 nitrogen and oxygen atoms in total. The number of hydrogen-bond acceptors (Lipinski definition) is 5. The molecule has 0 radical (unpaired) electrons. The third-order valence-corrected chi connectivity index (χ3v) is 6.26. The molecule has 0 spiro atoms. The molecule has 6 heteroatoms. The van der Waals surface area contributed by atoms with Gasteiger partial charge in [0.1, 0.15) is 19.0 Å². The van der Waals surface area contributed by atoms with E-state index in [0.717, 1.165) is 45.0 Å². The van der Waals surface area contributed by atoms with Gasteiger partial charge in [-0.3, -0.25) is 0 Å². The van der Waals surface area contributed by atoms with Crippen molar-refractivity contribution in [3.63, 3.8) is 0 Å². The molecule has 30 heavy (non-hydrogen) atoms.